The molecule has 1 amide bonds. The Morgan fingerprint density at radius 1 is 0.943 bits per heavy atom. The molecule has 53 heavy (non-hydrogen) atoms. The summed E-state index contributed by atoms with van der Waals surface area (Å²) in [5.74, 6) is 0.487. The number of esters is 2. The third-order valence-electron chi connectivity index (χ3n) is 14.5. The van der Waals surface area contributed by atoms with Crippen LogP contribution in [-0.2, 0) is 42.1 Å². The van der Waals surface area contributed by atoms with E-state index < -0.39 is 5.41 Å². The average molecular weight is 721 g/mol. The monoisotopic (exact) mass is 720 g/mol. The zero-order valence-electron chi connectivity index (χ0n) is 31.8. The number of likely N-dealkylation sites (tertiary alicyclic amines) is 1. The van der Waals surface area contributed by atoms with Crippen molar-refractivity contribution in [3.8, 4) is 5.75 Å². The molecule has 2 aromatic heterocycles. The van der Waals surface area contributed by atoms with Gasteiger partial charge in [0.15, 0.2) is 0 Å². The molecule has 0 spiro atoms. The molecule has 2 aliphatic carbocycles. The number of carbonyl (C=O) groups is 3. The summed E-state index contributed by atoms with van der Waals surface area (Å²) in [6.07, 6.45) is 5.20. The number of piperidine rings is 3. The quantitative estimate of drug-likeness (QED) is 0.232. The van der Waals surface area contributed by atoms with Gasteiger partial charge in [0.1, 0.15) is 11.2 Å². The summed E-state index contributed by atoms with van der Waals surface area (Å²) >= 11 is 0. The number of amides is 1. The number of para-hydroxylation sites is 1. The first-order chi connectivity index (χ1) is 25.7. The van der Waals surface area contributed by atoms with Crippen LogP contribution >= 0.6 is 0 Å². The van der Waals surface area contributed by atoms with Crippen molar-refractivity contribution in [2.45, 2.75) is 82.2 Å². The fraction of sp³-hybridized carbons (Fsp3) is 0.558. The molecular formula is C43H52N4O6. The zero-order valence-corrected chi connectivity index (χ0v) is 31.8. The van der Waals surface area contributed by atoms with Gasteiger partial charge in [-0.3, -0.25) is 14.4 Å². The van der Waals surface area contributed by atoms with E-state index in [4.69, 9.17) is 14.2 Å². The predicted octanol–water partition coefficient (Wildman–Crippen LogP) is 6.10. The number of methoxy groups -OCH3 is 3. The number of aromatic nitrogens is 2. The molecule has 1 saturated carbocycles. The SMILES string of the molecule is CC[C@H]1C[C@H]2C[C@@]3(C(=O)OC)c4[nH]c5c([C@H]6C[C@H]7C(C(=O)OC)[C@H](Cc8c6[nH]c6ccccc86)N(C)C[C@H]7CC)c(OC)ccc5c4CCN(C2=O)[C@@H]13. The number of rotatable bonds is 6. The van der Waals surface area contributed by atoms with Gasteiger partial charge in [-0.1, -0.05) is 44.9 Å². The van der Waals surface area contributed by atoms with Gasteiger partial charge >= 0.3 is 11.9 Å². The molecule has 4 aliphatic heterocycles. The van der Waals surface area contributed by atoms with E-state index in [1.54, 1.807) is 7.11 Å². The van der Waals surface area contributed by atoms with Crippen molar-refractivity contribution < 1.29 is 28.6 Å². The van der Waals surface area contributed by atoms with Gasteiger partial charge in [0, 0.05) is 64.2 Å². The summed E-state index contributed by atoms with van der Waals surface area (Å²) in [6.45, 7) is 5.90. The fourth-order valence-corrected chi connectivity index (χ4v) is 12.3. The van der Waals surface area contributed by atoms with Gasteiger partial charge < -0.3 is 34.0 Å². The van der Waals surface area contributed by atoms with Gasteiger partial charge in [0.05, 0.1) is 38.8 Å². The molecule has 3 saturated heterocycles. The number of H-pyrrole nitrogens is 2. The van der Waals surface area contributed by atoms with Crippen LogP contribution in [0.2, 0.25) is 0 Å². The van der Waals surface area contributed by atoms with Crippen molar-refractivity contribution in [3.05, 3.63) is 64.5 Å². The lowest BCUT2D eigenvalue weighted by molar-refractivity contribution is -0.172. The highest BCUT2D eigenvalue weighted by Crippen LogP contribution is 2.57. The van der Waals surface area contributed by atoms with E-state index >= 15 is 0 Å². The van der Waals surface area contributed by atoms with Crippen molar-refractivity contribution >= 4 is 39.7 Å². The Bertz CT molecular complexity index is 2140. The van der Waals surface area contributed by atoms with Gasteiger partial charge in [-0.25, -0.2) is 0 Å². The van der Waals surface area contributed by atoms with Crippen LogP contribution in [0.5, 0.6) is 5.75 Å². The van der Waals surface area contributed by atoms with E-state index in [1.807, 2.05) is 4.90 Å². The fourth-order valence-electron chi connectivity index (χ4n) is 12.3. The lowest BCUT2D eigenvalue weighted by Crippen LogP contribution is -2.69. The lowest BCUT2D eigenvalue weighted by Gasteiger charge is -2.57. The Morgan fingerprint density at radius 3 is 2.47 bits per heavy atom. The van der Waals surface area contributed by atoms with E-state index in [9.17, 15) is 14.4 Å². The van der Waals surface area contributed by atoms with E-state index in [-0.39, 0.29) is 59.5 Å². The molecule has 4 aromatic rings. The average Bonchev–Trinajstić information content (AvgIpc) is 3.70. The van der Waals surface area contributed by atoms with E-state index in [0.29, 0.717) is 25.3 Å². The summed E-state index contributed by atoms with van der Waals surface area (Å²) in [6, 6.07) is 12.4. The minimum Gasteiger partial charge on any atom is -0.496 e. The Hall–Kier alpha value is -4.31. The third kappa shape index (κ3) is 4.69. The van der Waals surface area contributed by atoms with Crippen LogP contribution in [0.25, 0.3) is 21.8 Å². The van der Waals surface area contributed by atoms with Gasteiger partial charge in [-0.2, -0.15) is 0 Å². The van der Waals surface area contributed by atoms with E-state index in [0.717, 1.165) is 83.3 Å². The Kier molecular flexibility index (Phi) is 8.22. The first kappa shape index (κ1) is 34.5. The summed E-state index contributed by atoms with van der Waals surface area (Å²) < 4.78 is 17.6. The number of likely N-dealkylation sites (N-methyl/N-ethyl adjacent to an activating group) is 1. The van der Waals surface area contributed by atoms with Crippen LogP contribution in [-0.4, -0.2) is 91.2 Å². The first-order valence-electron chi connectivity index (χ1n) is 19.7. The topological polar surface area (TPSA) is 117 Å². The van der Waals surface area contributed by atoms with Crippen molar-refractivity contribution in [2.75, 3.05) is 41.5 Å². The number of hydrogen-bond acceptors (Lipinski definition) is 7. The summed E-state index contributed by atoms with van der Waals surface area (Å²) in [5, 5.41) is 2.23. The first-order valence-corrected chi connectivity index (χ1v) is 19.7. The standard InChI is InChI=1S/C43H52N4O6/c1-7-22-17-24-20-43(42(50)53-6)38-27(15-16-47(39(22)43)40(24)48)26-13-14-33(51-4)35(37(26)45-38)30-18-28-23(8-2)21-46(3)32(34(28)41(49)52-5)19-29-25-11-9-10-12-31(25)44-36(29)30/h9-14,22-24,28,30,32,34,39,44-45H,7-8,15-21H2,1-6H3/t22-,23+,24-,28+,30+,32-,34?,39-,43+/m0/s1. The highest BCUT2D eigenvalue weighted by atomic mass is 16.5. The Balaban J connectivity index is 1.32. The van der Waals surface area contributed by atoms with Crippen LogP contribution < -0.4 is 4.74 Å². The van der Waals surface area contributed by atoms with E-state index in [1.165, 1.54) is 25.2 Å². The minimum absolute atomic E-state index is 0.00667. The molecule has 6 bridgehead atoms. The molecule has 9 atom stereocenters. The molecule has 280 valence electrons. The lowest BCUT2D eigenvalue weighted by atomic mass is 9.56. The summed E-state index contributed by atoms with van der Waals surface area (Å²) in [7, 11) is 6.90. The van der Waals surface area contributed by atoms with Crippen molar-refractivity contribution in [1.82, 2.24) is 19.8 Å². The van der Waals surface area contributed by atoms with Gasteiger partial charge in [0.2, 0.25) is 5.91 Å². The molecule has 6 heterocycles. The maximum Gasteiger partial charge on any atom is 0.319 e. The molecule has 2 N–H and O–H groups in total. The molecule has 2 aromatic carbocycles. The van der Waals surface area contributed by atoms with Crippen LogP contribution in [0.15, 0.2) is 36.4 Å². The minimum atomic E-state index is -0.987. The van der Waals surface area contributed by atoms with E-state index in [2.05, 4.69) is 72.2 Å². The van der Waals surface area contributed by atoms with Crippen LogP contribution in [0.1, 0.15) is 79.9 Å². The number of carbonyl (C=O) groups excluding carboxylic acids is 3. The number of nitrogens with zero attached hydrogens (tertiary/aromatic N) is 2. The maximum absolute atomic E-state index is 14.4. The Morgan fingerprint density at radius 2 is 1.74 bits per heavy atom. The summed E-state index contributed by atoms with van der Waals surface area (Å²) in [5.41, 5.74) is 6.48. The number of hydrogen-bond donors (Lipinski definition) is 2. The smallest absolute Gasteiger partial charge is 0.319 e. The van der Waals surface area contributed by atoms with Gasteiger partial charge in [0.25, 0.3) is 0 Å². The largest absolute Gasteiger partial charge is 0.496 e. The molecule has 1 unspecified atom stereocenters. The number of fused-ring (bicyclic) bond motifs is 9. The number of nitrogens with one attached hydrogen (secondary N) is 2. The molecule has 6 aliphatic rings. The van der Waals surface area contributed by atoms with Crippen molar-refractivity contribution in [2.24, 2.45) is 29.6 Å². The highest BCUT2D eigenvalue weighted by Gasteiger charge is 2.65. The number of benzene rings is 2. The maximum atomic E-state index is 14.4. The normalized spacial score (nSPS) is 32.1. The third-order valence-corrected chi connectivity index (χ3v) is 14.5. The second kappa shape index (κ2) is 12.6. The molecule has 4 fully saturated rings. The highest BCUT2D eigenvalue weighted by molar-refractivity contribution is 5.97. The van der Waals surface area contributed by atoms with Crippen LogP contribution in [0.3, 0.4) is 0 Å². The molecular weight excluding hydrogens is 668 g/mol. The summed E-state index contributed by atoms with van der Waals surface area (Å²) in [4.78, 5) is 54.3. The molecule has 10 heteroatoms. The van der Waals surface area contributed by atoms with Crippen LogP contribution in [0.4, 0.5) is 0 Å². The van der Waals surface area contributed by atoms with Crippen molar-refractivity contribution in [1.29, 1.82) is 0 Å². The van der Waals surface area contributed by atoms with Gasteiger partial charge in [-0.15, -0.1) is 0 Å². The molecule has 0 radical (unpaired) electrons. The molecule has 10 rings (SSSR count). The predicted molar refractivity (Wildman–Crippen MR) is 202 cm³/mol. The molecule has 10 nitrogen and oxygen atoms in total. The Labute approximate surface area is 310 Å². The zero-order chi connectivity index (χ0) is 36.9. The number of ether oxygens (including phenoxy) is 3. The number of aromatic amines is 2. The van der Waals surface area contributed by atoms with Crippen LogP contribution in [0, 0.1) is 29.6 Å². The second-order valence-corrected chi connectivity index (χ2v) is 16.5. The van der Waals surface area contributed by atoms with Crippen molar-refractivity contribution in [3.63, 3.8) is 0 Å². The second-order valence-electron chi connectivity index (χ2n) is 16.5. The van der Waals surface area contributed by atoms with Gasteiger partial charge in [-0.05, 0) is 86.2 Å².